The second kappa shape index (κ2) is 5.65. The number of carbonyl (C=O) groups excluding carboxylic acids is 1. The molecule has 0 saturated heterocycles. The number of carboxylic acids is 1. The van der Waals surface area contributed by atoms with Crippen molar-refractivity contribution in [2.45, 2.75) is 26.3 Å². The molecule has 88 valence electrons. The maximum absolute atomic E-state index is 11.6. The van der Waals surface area contributed by atoms with Gasteiger partial charge in [0.1, 0.15) is 0 Å². The van der Waals surface area contributed by atoms with E-state index in [-0.39, 0.29) is 18.7 Å². The molecule has 0 spiro atoms. The minimum absolute atomic E-state index is 0.0657. The fourth-order valence-corrected chi connectivity index (χ4v) is 2.23. The van der Waals surface area contributed by atoms with Gasteiger partial charge in [-0.05, 0) is 23.9 Å². The first kappa shape index (κ1) is 12.7. The minimum atomic E-state index is -0.936. The summed E-state index contributed by atoms with van der Waals surface area (Å²) in [6, 6.07) is 2.01. The van der Waals surface area contributed by atoms with Gasteiger partial charge in [0.25, 0.3) is 0 Å². The van der Waals surface area contributed by atoms with Crippen LogP contribution in [0.25, 0.3) is 0 Å². The van der Waals surface area contributed by atoms with E-state index in [0.717, 1.165) is 4.88 Å². The molecular weight excluding hydrogens is 226 g/mol. The van der Waals surface area contributed by atoms with E-state index >= 15 is 0 Å². The van der Waals surface area contributed by atoms with Gasteiger partial charge in [-0.25, -0.2) is 0 Å². The number of rotatable bonds is 5. The molecule has 0 saturated carbocycles. The van der Waals surface area contributed by atoms with Crippen LogP contribution in [-0.2, 0) is 16.1 Å². The van der Waals surface area contributed by atoms with Gasteiger partial charge in [-0.3, -0.25) is 9.59 Å². The number of hydrogen-bond donors (Lipinski definition) is 1. The van der Waals surface area contributed by atoms with E-state index < -0.39 is 5.97 Å². The quantitative estimate of drug-likeness (QED) is 0.856. The maximum Gasteiger partial charge on any atom is 0.303 e. The van der Waals surface area contributed by atoms with Crippen molar-refractivity contribution in [3.8, 4) is 0 Å². The summed E-state index contributed by atoms with van der Waals surface area (Å²) in [6.45, 7) is 2.56. The van der Waals surface area contributed by atoms with E-state index in [1.54, 1.807) is 23.3 Å². The maximum atomic E-state index is 11.6. The number of thiophene rings is 1. The molecule has 1 heterocycles. The molecule has 0 bridgehead atoms. The summed E-state index contributed by atoms with van der Waals surface area (Å²) in [5.41, 5.74) is 1.17. The summed E-state index contributed by atoms with van der Waals surface area (Å²) in [5.74, 6) is -1.07. The molecule has 1 aromatic heterocycles. The van der Waals surface area contributed by atoms with Crippen molar-refractivity contribution in [3.05, 3.63) is 21.9 Å². The minimum Gasteiger partial charge on any atom is -0.481 e. The van der Waals surface area contributed by atoms with Crippen molar-refractivity contribution in [1.29, 1.82) is 0 Å². The van der Waals surface area contributed by atoms with Crippen LogP contribution >= 0.6 is 11.3 Å². The van der Waals surface area contributed by atoms with Crippen molar-refractivity contribution in [2.75, 3.05) is 7.05 Å². The number of hydrogen-bond acceptors (Lipinski definition) is 3. The van der Waals surface area contributed by atoms with Gasteiger partial charge in [0.15, 0.2) is 0 Å². The molecule has 5 heteroatoms. The van der Waals surface area contributed by atoms with Crippen molar-refractivity contribution in [1.82, 2.24) is 4.90 Å². The van der Waals surface area contributed by atoms with Crippen LogP contribution in [0.4, 0.5) is 0 Å². The summed E-state index contributed by atoms with van der Waals surface area (Å²) in [6.07, 6.45) is -0.0388. The van der Waals surface area contributed by atoms with Gasteiger partial charge in [0, 0.05) is 18.3 Å². The summed E-state index contributed by atoms with van der Waals surface area (Å²) in [4.78, 5) is 24.6. The van der Waals surface area contributed by atoms with E-state index in [4.69, 9.17) is 5.11 Å². The Kier molecular flexibility index (Phi) is 4.49. The van der Waals surface area contributed by atoms with Gasteiger partial charge < -0.3 is 10.0 Å². The molecule has 0 fully saturated rings. The summed E-state index contributed by atoms with van der Waals surface area (Å²) >= 11 is 1.61. The van der Waals surface area contributed by atoms with Crippen LogP contribution in [0.15, 0.2) is 11.4 Å². The highest BCUT2D eigenvalue weighted by Gasteiger charge is 2.12. The molecular formula is C11H15NO3S. The molecule has 0 aliphatic rings. The van der Waals surface area contributed by atoms with E-state index in [1.165, 1.54) is 5.56 Å². The molecule has 16 heavy (non-hydrogen) atoms. The van der Waals surface area contributed by atoms with Crippen LogP contribution in [-0.4, -0.2) is 28.9 Å². The molecule has 0 atom stereocenters. The topological polar surface area (TPSA) is 57.6 Å². The number of carbonyl (C=O) groups is 2. The Morgan fingerprint density at radius 2 is 2.12 bits per heavy atom. The Balaban J connectivity index is 2.46. The van der Waals surface area contributed by atoms with E-state index in [0.29, 0.717) is 6.54 Å². The van der Waals surface area contributed by atoms with Crippen molar-refractivity contribution in [2.24, 2.45) is 0 Å². The highest BCUT2D eigenvalue weighted by atomic mass is 32.1. The number of aliphatic carboxylic acids is 1. The van der Waals surface area contributed by atoms with Crippen LogP contribution < -0.4 is 0 Å². The number of carboxylic acid groups (broad SMARTS) is 1. The number of nitrogens with zero attached hydrogens (tertiary/aromatic N) is 1. The average Bonchev–Trinajstić information content (AvgIpc) is 2.60. The van der Waals surface area contributed by atoms with Crippen LogP contribution in [0.3, 0.4) is 0 Å². The third-order valence-corrected chi connectivity index (χ3v) is 3.34. The standard InChI is InChI=1S/C11H15NO3S/c1-8-5-6-16-9(8)7-12(2)10(13)3-4-11(14)15/h5-6H,3-4,7H2,1-2H3,(H,14,15). The van der Waals surface area contributed by atoms with Gasteiger partial charge >= 0.3 is 5.97 Å². The highest BCUT2D eigenvalue weighted by molar-refractivity contribution is 7.10. The molecule has 1 rings (SSSR count). The first-order valence-electron chi connectivity index (χ1n) is 4.99. The van der Waals surface area contributed by atoms with Crippen LogP contribution in [0.1, 0.15) is 23.3 Å². The first-order valence-corrected chi connectivity index (χ1v) is 5.87. The molecule has 0 unspecified atom stereocenters. The van der Waals surface area contributed by atoms with Gasteiger partial charge in [-0.2, -0.15) is 0 Å². The summed E-state index contributed by atoms with van der Waals surface area (Å²) in [5, 5.41) is 10.5. The fourth-order valence-electron chi connectivity index (χ4n) is 1.27. The average molecular weight is 241 g/mol. The lowest BCUT2D eigenvalue weighted by Gasteiger charge is -2.16. The third kappa shape index (κ3) is 3.66. The molecule has 1 aromatic rings. The Bertz CT molecular complexity index is 386. The lowest BCUT2D eigenvalue weighted by atomic mass is 10.2. The molecule has 0 aliphatic carbocycles. The number of amides is 1. The van der Waals surface area contributed by atoms with Gasteiger partial charge in [-0.1, -0.05) is 0 Å². The SMILES string of the molecule is Cc1ccsc1CN(C)C(=O)CCC(=O)O. The Labute approximate surface area is 98.5 Å². The highest BCUT2D eigenvalue weighted by Crippen LogP contribution is 2.17. The predicted molar refractivity (Wildman–Crippen MR) is 62.4 cm³/mol. The lowest BCUT2D eigenvalue weighted by Crippen LogP contribution is -2.26. The Morgan fingerprint density at radius 3 is 2.62 bits per heavy atom. The first-order chi connectivity index (χ1) is 7.50. The Hall–Kier alpha value is -1.36. The zero-order valence-corrected chi connectivity index (χ0v) is 10.2. The monoisotopic (exact) mass is 241 g/mol. The van der Waals surface area contributed by atoms with Crippen LogP contribution in [0.2, 0.25) is 0 Å². The van der Waals surface area contributed by atoms with Crippen molar-refractivity contribution >= 4 is 23.2 Å². The summed E-state index contributed by atoms with van der Waals surface area (Å²) < 4.78 is 0. The second-order valence-corrected chi connectivity index (χ2v) is 4.67. The van der Waals surface area contributed by atoms with E-state index in [2.05, 4.69) is 0 Å². The predicted octanol–water partition coefficient (Wildman–Crippen LogP) is 1.88. The van der Waals surface area contributed by atoms with Crippen LogP contribution in [0.5, 0.6) is 0 Å². The third-order valence-electron chi connectivity index (χ3n) is 2.33. The molecule has 1 amide bonds. The van der Waals surface area contributed by atoms with E-state index in [9.17, 15) is 9.59 Å². The zero-order chi connectivity index (χ0) is 12.1. The van der Waals surface area contributed by atoms with Crippen molar-refractivity contribution in [3.63, 3.8) is 0 Å². The van der Waals surface area contributed by atoms with Crippen molar-refractivity contribution < 1.29 is 14.7 Å². The van der Waals surface area contributed by atoms with Gasteiger partial charge in [0.05, 0.1) is 13.0 Å². The molecule has 0 aliphatic heterocycles. The van der Waals surface area contributed by atoms with Gasteiger partial charge in [-0.15, -0.1) is 11.3 Å². The smallest absolute Gasteiger partial charge is 0.303 e. The van der Waals surface area contributed by atoms with Crippen LogP contribution in [0, 0.1) is 6.92 Å². The fraction of sp³-hybridized carbons (Fsp3) is 0.455. The Morgan fingerprint density at radius 1 is 1.44 bits per heavy atom. The van der Waals surface area contributed by atoms with E-state index in [1.807, 2.05) is 18.4 Å². The van der Waals surface area contributed by atoms with Gasteiger partial charge in [0.2, 0.25) is 5.91 Å². The summed E-state index contributed by atoms with van der Waals surface area (Å²) in [7, 11) is 1.70. The zero-order valence-electron chi connectivity index (χ0n) is 9.40. The normalized spacial score (nSPS) is 10.1. The molecule has 1 N–H and O–H groups in total. The molecule has 0 radical (unpaired) electrons. The lowest BCUT2D eigenvalue weighted by molar-refractivity contribution is -0.140. The molecule has 4 nitrogen and oxygen atoms in total. The molecule has 0 aromatic carbocycles. The number of aryl methyl sites for hydroxylation is 1. The second-order valence-electron chi connectivity index (χ2n) is 3.67. The largest absolute Gasteiger partial charge is 0.481 e.